The van der Waals surface area contributed by atoms with Gasteiger partial charge in [-0.15, -0.1) is 0 Å². The molecule has 156 valence electrons. The van der Waals surface area contributed by atoms with Crippen LogP contribution in [0.5, 0.6) is 0 Å². The van der Waals surface area contributed by atoms with Gasteiger partial charge in [0.05, 0.1) is 11.9 Å². The summed E-state index contributed by atoms with van der Waals surface area (Å²) in [6.45, 7) is 2.97. The second kappa shape index (κ2) is 9.65. The van der Waals surface area contributed by atoms with Gasteiger partial charge in [-0.05, 0) is 67.1 Å². The smallest absolute Gasteiger partial charge is 0.182 e. The van der Waals surface area contributed by atoms with Crippen molar-refractivity contribution >= 4 is 17.4 Å². The summed E-state index contributed by atoms with van der Waals surface area (Å²) in [4.78, 5) is 6.81. The SMILES string of the molecule is COC(O)c1ccncc1NC[C@@H]1CCCc2cc(Sc3ccccc3C)ccc21. The van der Waals surface area contributed by atoms with Gasteiger partial charge in [-0.25, -0.2) is 0 Å². The van der Waals surface area contributed by atoms with Gasteiger partial charge in [-0.3, -0.25) is 4.98 Å². The van der Waals surface area contributed by atoms with E-state index >= 15 is 0 Å². The number of aryl methyl sites for hydroxylation is 2. The number of anilines is 1. The van der Waals surface area contributed by atoms with E-state index in [2.05, 4.69) is 59.7 Å². The molecular weight excluding hydrogens is 392 g/mol. The molecule has 1 aliphatic rings. The number of nitrogens with one attached hydrogen (secondary N) is 1. The molecule has 0 amide bonds. The summed E-state index contributed by atoms with van der Waals surface area (Å²) >= 11 is 1.84. The van der Waals surface area contributed by atoms with Gasteiger partial charge in [0.1, 0.15) is 0 Å². The maximum absolute atomic E-state index is 10.1. The van der Waals surface area contributed by atoms with Gasteiger partial charge >= 0.3 is 0 Å². The monoisotopic (exact) mass is 420 g/mol. The number of methoxy groups -OCH3 is 1. The molecule has 2 N–H and O–H groups in total. The molecular formula is C25H28N2O2S. The lowest BCUT2D eigenvalue weighted by atomic mass is 9.83. The van der Waals surface area contributed by atoms with E-state index < -0.39 is 6.29 Å². The molecule has 3 aromatic rings. The van der Waals surface area contributed by atoms with Gasteiger partial charge in [0.15, 0.2) is 6.29 Å². The van der Waals surface area contributed by atoms with Crippen LogP contribution in [-0.4, -0.2) is 23.7 Å². The first kappa shape index (κ1) is 20.9. The average Bonchev–Trinajstić information content (AvgIpc) is 2.78. The number of hydrogen-bond acceptors (Lipinski definition) is 5. The fraction of sp³-hybridized carbons (Fsp3) is 0.320. The number of rotatable bonds is 7. The van der Waals surface area contributed by atoms with Gasteiger partial charge in [-0.1, -0.05) is 36.0 Å². The average molecular weight is 421 g/mol. The topological polar surface area (TPSA) is 54.4 Å². The van der Waals surface area contributed by atoms with Crippen molar-refractivity contribution in [2.24, 2.45) is 0 Å². The van der Waals surface area contributed by atoms with Crippen molar-refractivity contribution in [3.63, 3.8) is 0 Å². The maximum Gasteiger partial charge on any atom is 0.182 e. The van der Waals surface area contributed by atoms with Crippen LogP contribution in [-0.2, 0) is 11.2 Å². The lowest BCUT2D eigenvalue weighted by Crippen LogP contribution is -2.19. The molecule has 0 saturated heterocycles. The first-order chi connectivity index (χ1) is 14.7. The highest BCUT2D eigenvalue weighted by Gasteiger charge is 2.21. The first-order valence-corrected chi connectivity index (χ1v) is 11.2. The van der Waals surface area contributed by atoms with E-state index in [1.165, 1.54) is 40.0 Å². The molecule has 0 radical (unpaired) electrons. The third-order valence-electron chi connectivity index (χ3n) is 5.76. The van der Waals surface area contributed by atoms with Crippen LogP contribution in [0.2, 0.25) is 0 Å². The van der Waals surface area contributed by atoms with Crippen LogP contribution in [0, 0.1) is 6.92 Å². The molecule has 1 unspecified atom stereocenters. The zero-order valence-corrected chi connectivity index (χ0v) is 18.3. The van der Waals surface area contributed by atoms with Crippen molar-refractivity contribution in [3.8, 4) is 0 Å². The van der Waals surface area contributed by atoms with Crippen molar-refractivity contribution in [1.82, 2.24) is 4.98 Å². The molecule has 4 rings (SSSR count). The molecule has 4 nitrogen and oxygen atoms in total. The number of nitrogens with zero attached hydrogens (tertiary/aromatic N) is 1. The third-order valence-corrected chi connectivity index (χ3v) is 6.92. The summed E-state index contributed by atoms with van der Waals surface area (Å²) in [6.07, 6.45) is 5.96. The molecule has 0 aliphatic heterocycles. The van der Waals surface area contributed by atoms with Crippen molar-refractivity contribution in [3.05, 3.63) is 83.2 Å². The van der Waals surface area contributed by atoms with Crippen LogP contribution in [0.3, 0.4) is 0 Å². The maximum atomic E-state index is 10.1. The Morgan fingerprint density at radius 2 is 2.10 bits per heavy atom. The predicted octanol–water partition coefficient (Wildman–Crippen LogP) is 5.71. The Balaban J connectivity index is 1.49. The second-order valence-corrected chi connectivity index (χ2v) is 8.86. The quantitative estimate of drug-likeness (QED) is 0.480. The van der Waals surface area contributed by atoms with Crippen LogP contribution in [0.4, 0.5) is 5.69 Å². The van der Waals surface area contributed by atoms with Gasteiger partial charge < -0.3 is 15.2 Å². The fourth-order valence-corrected chi connectivity index (χ4v) is 5.06. The number of pyridine rings is 1. The van der Waals surface area contributed by atoms with Gasteiger partial charge in [0.2, 0.25) is 0 Å². The minimum absolute atomic E-state index is 0.444. The molecule has 2 aromatic carbocycles. The van der Waals surface area contributed by atoms with E-state index in [4.69, 9.17) is 4.74 Å². The van der Waals surface area contributed by atoms with E-state index in [-0.39, 0.29) is 0 Å². The Morgan fingerprint density at radius 1 is 1.23 bits per heavy atom. The zero-order chi connectivity index (χ0) is 20.9. The lowest BCUT2D eigenvalue weighted by Gasteiger charge is -2.27. The van der Waals surface area contributed by atoms with Crippen molar-refractivity contribution in [2.75, 3.05) is 19.0 Å². The van der Waals surface area contributed by atoms with Crippen LogP contribution in [0.25, 0.3) is 0 Å². The molecule has 5 heteroatoms. The summed E-state index contributed by atoms with van der Waals surface area (Å²) < 4.78 is 5.08. The molecule has 1 aliphatic carbocycles. The Kier molecular flexibility index (Phi) is 6.72. The molecule has 30 heavy (non-hydrogen) atoms. The van der Waals surface area contributed by atoms with E-state index in [9.17, 15) is 5.11 Å². The lowest BCUT2D eigenvalue weighted by molar-refractivity contribution is -0.0764. The number of aliphatic hydroxyl groups is 1. The Hall–Kier alpha value is -2.34. The predicted molar refractivity (Wildman–Crippen MR) is 122 cm³/mol. The molecule has 0 spiro atoms. The van der Waals surface area contributed by atoms with E-state index in [1.807, 2.05) is 11.8 Å². The largest absolute Gasteiger partial charge is 0.383 e. The van der Waals surface area contributed by atoms with Gasteiger partial charge in [-0.2, -0.15) is 0 Å². The minimum Gasteiger partial charge on any atom is -0.383 e. The molecule has 2 atom stereocenters. The summed E-state index contributed by atoms with van der Waals surface area (Å²) in [7, 11) is 1.50. The number of benzene rings is 2. The summed E-state index contributed by atoms with van der Waals surface area (Å²) in [5.41, 5.74) is 5.74. The molecule has 0 saturated carbocycles. The number of fused-ring (bicyclic) bond motifs is 1. The third kappa shape index (κ3) is 4.69. The Labute approximate surface area is 182 Å². The number of aliphatic hydroxyl groups excluding tert-OH is 1. The Morgan fingerprint density at radius 3 is 2.93 bits per heavy atom. The molecule has 1 heterocycles. The number of aromatic nitrogens is 1. The van der Waals surface area contributed by atoms with Gasteiger partial charge in [0.25, 0.3) is 0 Å². The van der Waals surface area contributed by atoms with E-state index in [1.54, 1.807) is 18.5 Å². The highest BCUT2D eigenvalue weighted by Crippen LogP contribution is 2.37. The van der Waals surface area contributed by atoms with E-state index in [0.29, 0.717) is 11.5 Å². The summed E-state index contributed by atoms with van der Waals surface area (Å²) in [5, 5.41) is 13.6. The summed E-state index contributed by atoms with van der Waals surface area (Å²) in [6, 6.07) is 17.2. The molecule has 0 fully saturated rings. The highest BCUT2D eigenvalue weighted by molar-refractivity contribution is 7.99. The fourth-order valence-electron chi connectivity index (χ4n) is 4.09. The van der Waals surface area contributed by atoms with Crippen LogP contribution in [0.1, 0.15) is 47.3 Å². The Bertz CT molecular complexity index is 1010. The zero-order valence-electron chi connectivity index (χ0n) is 17.5. The van der Waals surface area contributed by atoms with Crippen LogP contribution < -0.4 is 5.32 Å². The normalized spacial score (nSPS) is 16.7. The summed E-state index contributed by atoms with van der Waals surface area (Å²) in [5.74, 6) is 0.444. The van der Waals surface area contributed by atoms with Crippen LogP contribution in [0.15, 0.2) is 70.7 Å². The first-order valence-electron chi connectivity index (χ1n) is 10.4. The van der Waals surface area contributed by atoms with Crippen molar-refractivity contribution in [2.45, 2.75) is 48.2 Å². The van der Waals surface area contributed by atoms with Crippen molar-refractivity contribution < 1.29 is 9.84 Å². The van der Waals surface area contributed by atoms with Gasteiger partial charge in [0, 0.05) is 41.1 Å². The standard InChI is InChI=1S/C25H28N2O2S/c1-17-6-3-4-9-24(17)30-20-10-11-21-18(14-20)7-5-8-19(21)15-27-23-16-26-13-12-22(23)25(28)29-2/h3-4,6,9-14,16,19,25,27-28H,5,7-8,15H2,1-2H3/t19-,25?/m0/s1. The number of ether oxygens (including phenoxy) is 1. The molecule has 1 aromatic heterocycles. The molecule has 0 bridgehead atoms. The second-order valence-electron chi connectivity index (χ2n) is 7.75. The van der Waals surface area contributed by atoms with E-state index in [0.717, 1.165) is 25.1 Å². The van der Waals surface area contributed by atoms with Crippen LogP contribution >= 0.6 is 11.8 Å². The number of hydrogen-bond donors (Lipinski definition) is 2. The highest BCUT2D eigenvalue weighted by atomic mass is 32.2. The van der Waals surface area contributed by atoms with Crippen molar-refractivity contribution in [1.29, 1.82) is 0 Å². The minimum atomic E-state index is -0.949.